The summed E-state index contributed by atoms with van der Waals surface area (Å²) in [7, 11) is 1.35. The molecule has 17 heavy (non-hydrogen) atoms. The fraction of sp³-hybridized carbons (Fsp3) is 0.308. The van der Waals surface area contributed by atoms with Crippen LogP contribution < -0.4 is 0 Å². The van der Waals surface area contributed by atoms with Crippen molar-refractivity contribution < 1.29 is 9.53 Å². The van der Waals surface area contributed by atoms with Crippen molar-refractivity contribution in [3.05, 3.63) is 42.5 Å². The second-order valence-electron chi connectivity index (χ2n) is 4.10. The largest absolute Gasteiger partial charge is 0.465 e. The molecular formula is C13H16N2O2. The van der Waals surface area contributed by atoms with Gasteiger partial charge in [-0.3, -0.25) is 0 Å². The van der Waals surface area contributed by atoms with E-state index in [9.17, 15) is 4.79 Å². The summed E-state index contributed by atoms with van der Waals surface area (Å²) >= 11 is 0. The van der Waals surface area contributed by atoms with Crippen LogP contribution in [0, 0.1) is 0 Å². The molecule has 0 amide bonds. The summed E-state index contributed by atoms with van der Waals surface area (Å²) in [6.45, 7) is 7.50. The van der Waals surface area contributed by atoms with Crippen LogP contribution in [0.2, 0.25) is 0 Å². The topological polar surface area (TPSA) is 51.0 Å². The molecule has 0 radical (unpaired) electrons. The number of carbonyl (C=O) groups is 1. The van der Waals surface area contributed by atoms with E-state index < -0.39 is 0 Å². The van der Waals surface area contributed by atoms with E-state index in [-0.39, 0.29) is 11.5 Å². The zero-order valence-corrected chi connectivity index (χ0v) is 10.3. The molecule has 0 bridgehead atoms. The van der Waals surface area contributed by atoms with Crippen molar-refractivity contribution >= 4 is 11.7 Å². The van der Waals surface area contributed by atoms with Crippen molar-refractivity contribution in [2.24, 2.45) is 10.2 Å². The lowest BCUT2D eigenvalue weighted by Crippen LogP contribution is -2.09. The van der Waals surface area contributed by atoms with Crippen LogP contribution in [-0.2, 0) is 4.74 Å². The predicted molar refractivity (Wildman–Crippen MR) is 66.6 cm³/mol. The number of hydrogen-bond donors (Lipinski definition) is 0. The van der Waals surface area contributed by atoms with Gasteiger partial charge in [0.15, 0.2) is 0 Å². The molecule has 0 aromatic heterocycles. The SMILES string of the molecule is C=CC(C)(C)N=Nc1ccc(C(=O)OC)cc1. The highest BCUT2D eigenvalue weighted by Crippen LogP contribution is 2.18. The average Bonchev–Trinajstić information content (AvgIpc) is 2.36. The molecule has 0 unspecified atom stereocenters. The zero-order chi connectivity index (χ0) is 12.9. The Morgan fingerprint density at radius 1 is 1.35 bits per heavy atom. The molecule has 0 N–H and O–H groups in total. The average molecular weight is 232 g/mol. The molecule has 0 aliphatic carbocycles. The van der Waals surface area contributed by atoms with Crippen LogP contribution in [0.1, 0.15) is 24.2 Å². The normalized spacial score (nSPS) is 11.5. The molecule has 4 nitrogen and oxygen atoms in total. The maximum Gasteiger partial charge on any atom is 0.337 e. The molecule has 4 heteroatoms. The minimum Gasteiger partial charge on any atom is -0.465 e. The summed E-state index contributed by atoms with van der Waals surface area (Å²) in [6.07, 6.45) is 1.72. The number of rotatable bonds is 4. The molecule has 0 atom stereocenters. The Kier molecular flexibility index (Phi) is 4.15. The van der Waals surface area contributed by atoms with E-state index in [0.29, 0.717) is 11.3 Å². The van der Waals surface area contributed by atoms with Crippen LogP contribution in [0.5, 0.6) is 0 Å². The number of carbonyl (C=O) groups excluding carboxylic acids is 1. The number of benzene rings is 1. The van der Waals surface area contributed by atoms with Gasteiger partial charge in [-0.25, -0.2) is 4.79 Å². The van der Waals surface area contributed by atoms with Crippen LogP contribution >= 0.6 is 0 Å². The van der Waals surface area contributed by atoms with Crippen molar-refractivity contribution in [1.29, 1.82) is 0 Å². The van der Waals surface area contributed by atoms with Crippen molar-refractivity contribution in [3.63, 3.8) is 0 Å². The first-order valence-electron chi connectivity index (χ1n) is 5.23. The minimum atomic E-state index is -0.388. The van der Waals surface area contributed by atoms with E-state index in [2.05, 4.69) is 21.5 Å². The molecule has 1 aromatic carbocycles. The molecule has 1 aromatic rings. The van der Waals surface area contributed by atoms with Crippen LogP contribution in [-0.4, -0.2) is 18.6 Å². The van der Waals surface area contributed by atoms with Gasteiger partial charge in [0.05, 0.1) is 23.9 Å². The first kappa shape index (κ1) is 13.1. The van der Waals surface area contributed by atoms with E-state index in [1.54, 1.807) is 30.3 Å². The smallest absolute Gasteiger partial charge is 0.337 e. The van der Waals surface area contributed by atoms with Crippen molar-refractivity contribution in [1.82, 2.24) is 0 Å². The Hall–Kier alpha value is -1.97. The van der Waals surface area contributed by atoms with Crippen molar-refractivity contribution in [3.8, 4) is 0 Å². The van der Waals surface area contributed by atoms with E-state index in [1.165, 1.54) is 7.11 Å². The third-order valence-electron chi connectivity index (χ3n) is 2.21. The Morgan fingerprint density at radius 2 is 1.94 bits per heavy atom. The van der Waals surface area contributed by atoms with Crippen LogP contribution in [0.15, 0.2) is 47.1 Å². The van der Waals surface area contributed by atoms with Gasteiger partial charge >= 0.3 is 5.97 Å². The van der Waals surface area contributed by atoms with Gasteiger partial charge in [0.2, 0.25) is 0 Å². The number of methoxy groups -OCH3 is 1. The molecule has 90 valence electrons. The first-order valence-corrected chi connectivity index (χ1v) is 5.23. The summed E-state index contributed by atoms with van der Waals surface area (Å²) in [5.74, 6) is -0.361. The molecule has 1 rings (SSSR count). The zero-order valence-electron chi connectivity index (χ0n) is 10.3. The Morgan fingerprint density at radius 3 is 2.41 bits per heavy atom. The summed E-state index contributed by atoms with van der Waals surface area (Å²) in [6, 6.07) is 6.74. The molecule has 0 saturated heterocycles. The lowest BCUT2D eigenvalue weighted by molar-refractivity contribution is 0.0601. The Labute approximate surface area is 101 Å². The highest BCUT2D eigenvalue weighted by atomic mass is 16.5. The van der Waals surface area contributed by atoms with Crippen LogP contribution in [0.4, 0.5) is 5.69 Å². The third kappa shape index (κ3) is 3.83. The van der Waals surface area contributed by atoms with E-state index in [0.717, 1.165) is 0 Å². The lowest BCUT2D eigenvalue weighted by atomic mass is 10.1. The van der Waals surface area contributed by atoms with Gasteiger partial charge in [0, 0.05) is 0 Å². The van der Waals surface area contributed by atoms with Crippen molar-refractivity contribution in [2.75, 3.05) is 7.11 Å². The molecule has 0 heterocycles. The number of azo groups is 1. The summed E-state index contributed by atoms with van der Waals surface area (Å²) in [5, 5.41) is 8.21. The maximum atomic E-state index is 11.2. The van der Waals surface area contributed by atoms with Gasteiger partial charge < -0.3 is 4.74 Å². The highest BCUT2D eigenvalue weighted by Gasteiger charge is 2.10. The summed E-state index contributed by atoms with van der Waals surface area (Å²) in [5.41, 5.74) is 0.795. The van der Waals surface area contributed by atoms with Gasteiger partial charge in [-0.2, -0.15) is 10.2 Å². The quantitative estimate of drug-likeness (QED) is 0.453. The van der Waals surface area contributed by atoms with E-state index in [1.807, 2.05) is 13.8 Å². The van der Waals surface area contributed by atoms with E-state index >= 15 is 0 Å². The predicted octanol–water partition coefficient (Wildman–Crippen LogP) is 3.52. The second kappa shape index (κ2) is 5.39. The van der Waals surface area contributed by atoms with Gasteiger partial charge in [-0.1, -0.05) is 6.08 Å². The lowest BCUT2D eigenvalue weighted by Gasteiger charge is -2.10. The number of hydrogen-bond acceptors (Lipinski definition) is 4. The first-order chi connectivity index (χ1) is 7.98. The highest BCUT2D eigenvalue weighted by molar-refractivity contribution is 5.89. The number of nitrogens with zero attached hydrogens (tertiary/aromatic N) is 2. The minimum absolute atomic E-state index is 0.361. The van der Waals surface area contributed by atoms with Crippen LogP contribution in [0.3, 0.4) is 0 Å². The van der Waals surface area contributed by atoms with Gasteiger partial charge in [0.25, 0.3) is 0 Å². The monoisotopic (exact) mass is 232 g/mol. The third-order valence-corrected chi connectivity index (χ3v) is 2.21. The Balaban J connectivity index is 2.82. The van der Waals surface area contributed by atoms with E-state index in [4.69, 9.17) is 0 Å². The second-order valence-corrected chi connectivity index (χ2v) is 4.10. The van der Waals surface area contributed by atoms with Gasteiger partial charge in [-0.15, -0.1) is 6.58 Å². The van der Waals surface area contributed by atoms with Crippen molar-refractivity contribution in [2.45, 2.75) is 19.4 Å². The summed E-state index contributed by atoms with van der Waals surface area (Å²) < 4.78 is 4.60. The molecule has 0 saturated carbocycles. The molecular weight excluding hydrogens is 216 g/mol. The molecule has 0 aliphatic rings. The molecule has 0 fully saturated rings. The number of ether oxygens (including phenoxy) is 1. The number of esters is 1. The van der Waals surface area contributed by atoms with Crippen LogP contribution in [0.25, 0.3) is 0 Å². The van der Waals surface area contributed by atoms with Gasteiger partial charge in [0.1, 0.15) is 0 Å². The Bertz CT molecular complexity index is 433. The standard InChI is InChI=1S/C13H16N2O2/c1-5-13(2,3)15-14-11-8-6-10(7-9-11)12(16)17-4/h5-9H,1H2,2-4H3. The maximum absolute atomic E-state index is 11.2. The summed E-state index contributed by atoms with van der Waals surface area (Å²) in [4.78, 5) is 11.2. The fourth-order valence-electron chi connectivity index (χ4n) is 1.01. The molecule has 0 aliphatic heterocycles. The fourth-order valence-corrected chi connectivity index (χ4v) is 1.01. The molecule has 0 spiro atoms. The van der Waals surface area contributed by atoms with Gasteiger partial charge in [-0.05, 0) is 38.1 Å².